The largest absolute Gasteiger partial charge is 0.330 e. The van der Waals surface area contributed by atoms with Gasteiger partial charge in [0.15, 0.2) is 0 Å². The summed E-state index contributed by atoms with van der Waals surface area (Å²) in [5.41, 5.74) is 5.30. The summed E-state index contributed by atoms with van der Waals surface area (Å²) in [7, 11) is -3.40. The minimum Gasteiger partial charge on any atom is -0.330 e. The number of thiophene rings is 1. The molecule has 0 amide bonds. The van der Waals surface area contributed by atoms with Crippen molar-refractivity contribution in [2.24, 2.45) is 11.1 Å². The average molecular weight is 327 g/mol. The molecule has 0 aliphatic heterocycles. The quantitative estimate of drug-likeness (QED) is 0.866. The van der Waals surface area contributed by atoms with Gasteiger partial charge in [-0.15, -0.1) is 11.3 Å². The Morgan fingerprint density at radius 3 is 2.56 bits per heavy atom. The van der Waals surface area contributed by atoms with Gasteiger partial charge >= 0.3 is 0 Å². The van der Waals surface area contributed by atoms with Crippen molar-refractivity contribution < 1.29 is 8.42 Å². The van der Waals surface area contributed by atoms with E-state index in [1.54, 1.807) is 12.1 Å². The Bertz CT molecular complexity index is 454. The number of halogens is 1. The van der Waals surface area contributed by atoms with E-state index in [-0.39, 0.29) is 5.41 Å². The number of hydrogen-bond donors (Lipinski definition) is 2. The maximum absolute atomic E-state index is 11.8. The minimum atomic E-state index is -3.40. The molecule has 0 bridgehead atoms. The van der Waals surface area contributed by atoms with Gasteiger partial charge in [-0.1, -0.05) is 13.8 Å². The Hall–Kier alpha value is 0.0500. The highest BCUT2D eigenvalue weighted by Crippen LogP contribution is 2.26. The van der Waals surface area contributed by atoms with Crippen molar-refractivity contribution in [1.82, 2.24) is 4.72 Å². The zero-order valence-electron chi connectivity index (χ0n) is 9.16. The normalized spacial score (nSPS) is 13.0. The Labute approximate surface area is 108 Å². The van der Waals surface area contributed by atoms with E-state index in [0.717, 1.165) is 3.79 Å². The van der Waals surface area contributed by atoms with Gasteiger partial charge in [0, 0.05) is 6.54 Å². The van der Waals surface area contributed by atoms with Crippen molar-refractivity contribution in [2.45, 2.75) is 18.1 Å². The highest BCUT2D eigenvalue weighted by atomic mass is 79.9. The van der Waals surface area contributed by atoms with Crippen molar-refractivity contribution in [3.05, 3.63) is 15.9 Å². The van der Waals surface area contributed by atoms with Gasteiger partial charge in [0.2, 0.25) is 10.0 Å². The van der Waals surface area contributed by atoms with E-state index in [0.29, 0.717) is 17.3 Å². The highest BCUT2D eigenvalue weighted by Gasteiger charge is 2.22. The fraction of sp³-hybridized carbons (Fsp3) is 0.556. The molecule has 0 radical (unpaired) electrons. The molecule has 0 spiro atoms. The van der Waals surface area contributed by atoms with Gasteiger partial charge in [0.1, 0.15) is 4.21 Å². The molecule has 3 N–H and O–H groups in total. The Morgan fingerprint density at radius 2 is 2.12 bits per heavy atom. The summed E-state index contributed by atoms with van der Waals surface area (Å²) >= 11 is 4.42. The number of sulfonamides is 1. The topological polar surface area (TPSA) is 72.2 Å². The Kier molecular flexibility index (Phi) is 4.53. The first-order valence-electron chi connectivity index (χ1n) is 4.72. The standard InChI is InChI=1S/C9H15BrN2O2S2/c1-9(2,5-11)6-12-16(13,14)8-4-3-7(10)15-8/h3-4,12H,5-6,11H2,1-2H3. The zero-order chi connectivity index (χ0) is 12.4. The Balaban J connectivity index is 2.74. The van der Waals surface area contributed by atoms with Crippen LogP contribution in [-0.4, -0.2) is 21.5 Å². The molecule has 1 heterocycles. The number of nitrogens with one attached hydrogen (secondary N) is 1. The summed E-state index contributed by atoms with van der Waals surface area (Å²) in [6.45, 7) is 4.60. The van der Waals surface area contributed by atoms with E-state index < -0.39 is 10.0 Å². The third kappa shape index (κ3) is 3.81. The SMILES string of the molecule is CC(C)(CN)CNS(=O)(=O)c1ccc(Br)s1. The van der Waals surface area contributed by atoms with Crippen LogP contribution in [0.4, 0.5) is 0 Å². The average Bonchev–Trinajstić information content (AvgIpc) is 2.63. The molecule has 7 heteroatoms. The summed E-state index contributed by atoms with van der Waals surface area (Å²) in [5.74, 6) is 0. The molecule has 0 unspecified atom stereocenters. The van der Waals surface area contributed by atoms with Crippen LogP contribution in [0.15, 0.2) is 20.1 Å². The number of rotatable bonds is 5. The number of hydrogen-bond acceptors (Lipinski definition) is 4. The van der Waals surface area contributed by atoms with Crippen molar-refractivity contribution in [2.75, 3.05) is 13.1 Å². The molecular weight excluding hydrogens is 312 g/mol. The smallest absolute Gasteiger partial charge is 0.250 e. The van der Waals surface area contributed by atoms with Crippen LogP contribution in [-0.2, 0) is 10.0 Å². The zero-order valence-corrected chi connectivity index (χ0v) is 12.4. The predicted molar refractivity (Wildman–Crippen MR) is 70.0 cm³/mol. The van der Waals surface area contributed by atoms with Gasteiger partial charge in [-0.25, -0.2) is 13.1 Å². The molecule has 1 rings (SSSR count). The van der Waals surface area contributed by atoms with Crippen LogP contribution >= 0.6 is 27.3 Å². The van der Waals surface area contributed by atoms with Gasteiger partial charge in [-0.3, -0.25) is 0 Å². The van der Waals surface area contributed by atoms with Crippen molar-refractivity contribution in [3.8, 4) is 0 Å². The lowest BCUT2D eigenvalue weighted by molar-refractivity contribution is 0.376. The lowest BCUT2D eigenvalue weighted by Gasteiger charge is -2.22. The van der Waals surface area contributed by atoms with E-state index in [4.69, 9.17) is 5.73 Å². The molecule has 1 aromatic rings. The summed E-state index contributed by atoms with van der Waals surface area (Å²) in [4.78, 5) is 0. The second-order valence-corrected chi connectivity index (χ2v) is 8.71. The van der Waals surface area contributed by atoms with Crippen LogP contribution in [0.5, 0.6) is 0 Å². The van der Waals surface area contributed by atoms with Crippen molar-refractivity contribution in [1.29, 1.82) is 0 Å². The van der Waals surface area contributed by atoms with Crippen molar-refractivity contribution in [3.63, 3.8) is 0 Å². The third-order valence-electron chi connectivity index (χ3n) is 2.11. The van der Waals surface area contributed by atoms with E-state index >= 15 is 0 Å². The summed E-state index contributed by atoms with van der Waals surface area (Å²) in [6, 6.07) is 3.29. The summed E-state index contributed by atoms with van der Waals surface area (Å²) in [5, 5.41) is 0. The predicted octanol–water partition coefficient (Wildman–Crippen LogP) is 1.77. The maximum Gasteiger partial charge on any atom is 0.250 e. The molecule has 0 aromatic carbocycles. The van der Waals surface area contributed by atoms with Crippen LogP contribution in [0.3, 0.4) is 0 Å². The Morgan fingerprint density at radius 1 is 1.50 bits per heavy atom. The molecule has 1 aromatic heterocycles. The van der Waals surface area contributed by atoms with Gasteiger partial charge < -0.3 is 5.73 Å². The van der Waals surface area contributed by atoms with Crippen LogP contribution in [0, 0.1) is 5.41 Å². The molecule has 0 aliphatic rings. The molecule has 0 saturated carbocycles. The molecule has 0 saturated heterocycles. The highest BCUT2D eigenvalue weighted by molar-refractivity contribution is 9.11. The van der Waals surface area contributed by atoms with E-state index in [9.17, 15) is 8.42 Å². The van der Waals surface area contributed by atoms with Gasteiger partial charge in [-0.05, 0) is 40.0 Å². The van der Waals surface area contributed by atoms with Crippen LogP contribution in [0.2, 0.25) is 0 Å². The molecule has 0 atom stereocenters. The molecule has 0 fully saturated rings. The summed E-state index contributed by atoms with van der Waals surface area (Å²) < 4.78 is 27.4. The lowest BCUT2D eigenvalue weighted by Crippen LogP contribution is -2.38. The van der Waals surface area contributed by atoms with E-state index in [2.05, 4.69) is 20.7 Å². The van der Waals surface area contributed by atoms with Gasteiger partial charge in [0.25, 0.3) is 0 Å². The second-order valence-electron chi connectivity index (χ2n) is 4.25. The molecule has 92 valence electrons. The molecule has 4 nitrogen and oxygen atoms in total. The third-order valence-corrected chi connectivity index (χ3v) is 5.62. The number of nitrogens with two attached hydrogens (primary N) is 1. The van der Waals surface area contributed by atoms with Gasteiger partial charge in [-0.2, -0.15) is 0 Å². The van der Waals surface area contributed by atoms with Crippen molar-refractivity contribution >= 4 is 37.3 Å². The van der Waals surface area contributed by atoms with Gasteiger partial charge in [0.05, 0.1) is 3.79 Å². The molecule has 0 aliphatic carbocycles. The van der Waals surface area contributed by atoms with Crippen LogP contribution < -0.4 is 10.5 Å². The fourth-order valence-electron chi connectivity index (χ4n) is 0.876. The first kappa shape index (κ1) is 14.1. The second kappa shape index (κ2) is 5.14. The first-order valence-corrected chi connectivity index (χ1v) is 7.81. The van der Waals surface area contributed by atoms with Crippen LogP contribution in [0.1, 0.15) is 13.8 Å². The van der Waals surface area contributed by atoms with E-state index in [1.807, 2.05) is 13.8 Å². The summed E-state index contributed by atoms with van der Waals surface area (Å²) in [6.07, 6.45) is 0. The molecule has 16 heavy (non-hydrogen) atoms. The maximum atomic E-state index is 11.8. The lowest BCUT2D eigenvalue weighted by atomic mass is 9.95. The fourth-order valence-corrected chi connectivity index (χ4v) is 4.17. The monoisotopic (exact) mass is 326 g/mol. The first-order chi connectivity index (χ1) is 7.27. The van der Waals surface area contributed by atoms with E-state index in [1.165, 1.54) is 11.3 Å². The van der Waals surface area contributed by atoms with Crippen LogP contribution in [0.25, 0.3) is 0 Å². The molecular formula is C9H15BrN2O2S2. The minimum absolute atomic E-state index is 0.235.